The van der Waals surface area contributed by atoms with E-state index in [9.17, 15) is 0 Å². The molecule has 4 N–H and O–H groups in total. The lowest BCUT2D eigenvalue weighted by Crippen LogP contribution is -2.45. The van der Waals surface area contributed by atoms with E-state index >= 15 is 0 Å². The van der Waals surface area contributed by atoms with Gasteiger partial charge in [0.2, 0.25) is 0 Å². The highest BCUT2D eigenvalue weighted by Crippen LogP contribution is 2.43. The van der Waals surface area contributed by atoms with Crippen LogP contribution >= 0.6 is 0 Å². The van der Waals surface area contributed by atoms with Crippen molar-refractivity contribution in [3.05, 3.63) is 0 Å². The van der Waals surface area contributed by atoms with E-state index in [1.165, 1.54) is 116 Å². The fourth-order valence-electron chi connectivity index (χ4n) is 4.80. The van der Waals surface area contributed by atoms with Crippen LogP contribution < -0.4 is 5.73 Å². The molecule has 0 radical (unpaired) electrons. The number of rotatable bonds is 15. The van der Waals surface area contributed by atoms with Gasteiger partial charge in [0.05, 0.1) is 0 Å². The summed E-state index contributed by atoms with van der Waals surface area (Å²) in [5.74, 6) is 0.818. The molecule has 0 saturated heterocycles. The summed E-state index contributed by atoms with van der Waals surface area (Å²) in [7, 11) is 0. The Balaban J connectivity index is 0.00000625. The van der Waals surface area contributed by atoms with E-state index in [-0.39, 0.29) is 5.48 Å². The van der Waals surface area contributed by atoms with Gasteiger partial charge in [-0.15, -0.1) is 0 Å². The van der Waals surface area contributed by atoms with E-state index in [0.29, 0.717) is 11.5 Å². The second-order valence-corrected chi connectivity index (χ2v) is 9.29. The lowest BCUT2D eigenvalue weighted by molar-refractivity contribution is 0.0896. The van der Waals surface area contributed by atoms with E-state index < -0.39 is 0 Å². The Morgan fingerprint density at radius 2 is 1.27 bits per heavy atom. The number of nitrogens with two attached hydrogens (primary N) is 1. The summed E-state index contributed by atoms with van der Waals surface area (Å²) in [6.07, 6.45) is 25.5. The molecule has 26 heavy (non-hydrogen) atoms. The van der Waals surface area contributed by atoms with Crippen LogP contribution in [0.1, 0.15) is 136 Å². The van der Waals surface area contributed by atoms with E-state index in [0.717, 1.165) is 5.92 Å². The quantitative estimate of drug-likeness (QED) is 0.305. The van der Waals surface area contributed by atoms with Crippen molar-refractivity contribution >= 4 is 0 Å². The van der Waals surface area contributed by atoms with Crippen LogP contribution in [0.25, 0.3) is 0 Å². The smallest absolute Gasteiger partial charge is 0.00954 e. The van der Waals surface area contributed by atoms with Crippen molar-refractivity contribution in [2.75, 3.05) is 0 Å². The zero-order chi connectivity index (χ0) is 18.4. The molecule has 1 rings (SSSR count). The molecule has 3 atom stereocenters. The van der Waals surface area contributed by atoms with Gasteiger partial charge in [-0.2, -0.15) is 0 Å². The highest BCUT2D eigenvalue weighted by molar-refractivity contribution is 4.91. The van der Waals surface area contributed by atoms with Crippen molar-refractivity contribution in [3.63, 3.8) is 0 Å². The summed E-state index contributed by atoms with van der Waals surface area (Å²) >= 11 is 0. The van der Waals surface area contributed by atoms with Gasteiger partial charge in [-0.05, 0) is 24.2 Å². The minimum absolute atomic E-state index is 0. The first kappa shape index (κ1) is 25.9. The van der Waals surface area contributed by atoms with Gasteiger partial charge in [-0.3, -0.25) is 0 Å². The van der Waals surface area contributed by atoms with Gasteiger partial charge in [0.25, 0.3) is 0 Å². The minimum Gasteiger partial charge on any atom is -0.412 e. The van der Waals surface area contributed by atoms with Gasteiger partial charge >= 0.3 is 0 Å². The average Bonchev–Trinajstić information content (AvgIpc) is 2.61. The molecule has 2 heteroatoms. The number of unbranched alkanes of at least 4 members (excludes halogenated alkanes) is 12. The fraction of sp³-hybridized carbons (Fsp3) is 1.00. The SMILES string of the molecule is CCCCCCCCCCCCCCCC(N)C1(C)CCCCC1C.O. The molecule has 0 aromatic heterocycles. The minimum atomic E-state index is 0. The summed E-state index contributed by atoms with van der Waals surface area (Å²) in [6.45, 7) is 7.19. The summed E-state index contributed by atoms with van der Waals surface area (Å²) in [6, 6.07) is 0.426. The van der Waals surface area contributed by atoms with E-state index in [4.69, 9.17) is 5.73 Å². The van der Waals surface area contributed by atoms with Crippen molar-refractivity contribution in [2.24, 2.45) is 17.1 Å². The van der Waals surface area contributed by atoms with Crippen LogP contribution in [-0.4, -0.2) is 11.5 Å². The number of hydrogen-bond donors (Lipinski definition) is 1. The normalized spacial score (nSPS) is 24.2. The molecule has 1 saturated carbocycles. The maximum absolute atomic E-state index is 6.61. The Morgan fingerprint density at radius 3 is 1.73 bits per heavy atom. The molecular formula is C24H51NO. The molecule has 1 aliphatic rings. The van der Waals surface area contributed by atoms with Crippen molar-refractivity contribution in [2.45, 2.75) is 142 Å². The standard InChI is InChI=1S/C24H49N.H2O/c1-4-5-6-7-8-9-10-11-12-13-14-15-16-20-23(25)24(3)21-18-17-19-22(24)2;/h22-23H,4-21,25H2,1-3H3;1H2. The second kappa shape index (κ2) is 15.9. The van der Waals surface area contributed by atoms with Crippen LogP contribution in [-0.2, 0) is 0 Å². The Labute approximate surface area is 165 Å². The predicted octanol–water partition coefficient (Wildman–Crippen LogP) is 7.19. The fourth-order valence-corrected chi connectivity index (χ4v) is 4.80. The van der Waals surface area contributed by atoms with E-state index in [1.807, 2.05) is 0 Å². The Bertz CT molecular complexity index is 307. The monoisotopic (exact) mass is 369 g/mol. The van der Waals surface area contributed by atoms with Gasteiger partial charge in [0.1, 0.15) is 0 Å². The molecule has 0 spiro atoms. The Kier molecular flexibility index (Phi) is 15.9. The van der Waals surface area contributed by atoms with Crippen molar-refractivity contribution in [1.29, 1.82) is 0 Å². The summed E-state index contributed by atoms with van der Waals surface area (Å²) in [4.78, 5) is 0. The molecule has 2 nitrogen and oxygen atoms in total. The van der Waals surface area contributed by atoms with Crippen LogP contribution in [0, 0.1) is 11.3 Å². The first-order valence-electron chi connectivity index (χ1n) is 11.9. The Hall–Kier alpha value is -0.0800. The zero-order valence-electron chi connectivity index (χ0n) is 18.5. The molecule has 1 aliphatic carbocycles. The maximum atomic E-state index is 6.61. The molecule has 1 fully saturated rings. The third-order valence-corrected chi connectivity index (χ3v) is 7.19. The van der Waals surface area contributed by atoms with Gasteiger partial charge < -0.3 is 11.2 Å². The Morgan fingerprint density at radius 1 is 0.808 bits per heavy atom. The molecule has 158 valence electrons. The number of hydrogen-bond acceptors (Lipinski definition) is 1. The third kappa shape index (κ3) is 10.3. The van der Waals surface area contributed by atoms with Crippen LogP contribution in [0.3, 0.4) is 0 Å². The largest absolute Gasteiger partial charge is 0.412 e. The predicted molar refractivity (Wildman–Crippen MR) is 118 cm³/mol. The molecule has 0 bridgehead atoms. The van der Waals surface area contributed by atoms with Crippen LogP contribution in [0.4, 0.5) is 0 Å². The first-order valence-corrected chi connectivity index (χ1v) is 11.9. The van der Waals surface area contributed by atoms with Crippen molar-refractivity contribution in [1.82, 2.24) is 0 Å². The summed E-state index contributed by atoms with van der Waals surface area (Å²) in [5, 5.41) is 0. The van der Waals surface area contributed by atoms with Gasteiger partial charge in [-0.1, -0.05) is 124 Å². The zero-order valence-corrected chi connectivity index (χ0v) is 18.5. The molecule has 0 heterocycles. The summed E-state index contributed by atoms with van der Waals surface area (Å²) in [5.41, 5.74) is 7.02. The molecule has 0 amide bonds. The summed E-state index contributed by atoms with van der Waals surface area (Å²) < 4.78 is 0. The lowest BCUT2D eigenvalue weighted by Gasteiger charge is -2.44. The highest BCUT2D eigenvalue weighted by atomic mass is 16.0. The van der Waals surface area contributed by atoms with Gasteiger partial charge in [0.15, 0.2) is 0 Å². The molecule has 0 aromatic carbocycles. The van der Waals surface area contributed by atoms with Gasteiger partial charge in [-0.25, -0.2) is 0 Å². The molecular weight excluding hydrogens is 318 g/mol. The molecule has 3 unspecified atom stereocenters. The van der Waals surface area contributed by atoms with Crippen molar-refractivity contribution < 1.29 is 5.48 Å². The average molecular weight is 370 g/mol. The molecule has 0 aliphatic heterocycles. The van der Waals surface area contributed by atoms with E-state index in [1.54, 1.807) is 0 Å². The topological polar surface area (TPSA) is 57.5 Å². The highest BCUT2D eigenvalue weighted by Gasteiger charge is 2.38. The van der Waals surface area contributed by atoms with Crippen LogP contribution in [0.15, 0.2) is 0 Å². The lowest BCUT2D eigenvalue weighted by atomic mass is 9.63. The van der Waals surface area contributed by atoms with Gasteiger partial charge in [0, 0.05) is 6.04 Å². The third-order valence-electron chi connectivity index (χ3n) is 7.19. The van der Waals surface area contributed by atoms with Crippen LogP contribution in [0.2, 0.25) is 0 Å². The second-order valence-electron chi connectivity index (χ2n) is 9.29. The maximum Gasteiger partial charge on any atom is 0.00954 e. The van der Waals surface area contributed by atoms with Crippen molar-refractivity contribution in [3.8, 4) is 0 Å². The van der Waals surface area contributed by atoms with E-state index in [2.05, 4.69) is 20.8 Å². The first-order chi connectivity index (χ1) is 12.1. The molecule has 0 aromatic rings. The van der Waals surface area contributed by atoms with Crippen LogP contribution in [0.5, 0.6) is 0 Å².